The van der Waals surface area contributed by atoms with Gasteiger partial charge in [-0.25, -0.2) is 0 Å². The van der Waals surface area contributed by atoms with Gasteiger partial charge in [0, 0.05) is 18.1 Å². The van der Waals surface area contributed by atoms with E-state index in [1.54, 1.807) is 0 Å². The van der Waals surface area contributed by atoms with Crippen molar-refractivity contribution in [1.82, 2.24) is 0 Å². The predicted molar refractivity (Wildman–Crippen MR) is 70.1 cm³/mol. The van der Waals surface area contributed by atoms with E-state index in [4.69, 9.17) is 0 Å². The van der Waals surface area contributed by atoms with Gasteiger partial charge in [-0.15, -0.1) is 0 Å². The van der Waals surface area contributed by atoms with Crippen molar-refractivity contribution in [2.75, 3.05) is 29.9 Å². The van der Waals surface area contributed by atoms with Crippen LogP contribution in [0, 0.1) is 0 Å². The molecule has 0 spiro atoms. The lowest BCUT2D eigenvalue weighted by atomic mass is 10.1. The fourth-order valence-corrected chi connectivity index (χ4v) is 2.36. The van der Waals surface area contributed by atoms with Gasteiger partial charge < -0.3 is 9.80 Å². The van der Waals surface area contributed by atoms with Crippen LogP contribution in [0.15, 0.2) is 22.7 Å². The van der Waals surface area contributed by atoms with Crippen LogP contribution in [0.25, 0.3) is 0 Å². The van der Waals surface area contributed by atoms with Crippen LogP contribution in [0.4, 0.5) is 11.4 Å². The summed E-state index contributed by atoms with van der Waals surface area (Å²) in [7, 11) is 1.95. The van der Waals surface area contributed by atoms with Gasteiger partial charge in [0.25, 0.3) is 0 Å². The van der Waals surface area contributed by atoms with Crippen LogP contribution < -0.4 is 9.80 Å². The average Bonchev–Trinajstić information content (AvgIpc) is 2.23. The minimum Gasteiger partial charge on any atom is -0.364 e. The number of amides is 1. The van der Waals surface area contributed by atoms with Gasteiger partial charge in [-0.1, -0.05) is 22.9 Å². The zero-order chi connectivity index (χ0) is 11.7. The lowest BCUT2D eigenvalue weighted by Gasteiger charge is -2.35. The Labute approximate surface area is 104 Å². The zero-order valence-electron chi connectivity index (χ0n) is 9.53. The van der Waals surface area contributed by atoms with Crippen LogP contribution >= 0.6 is 15.9 Å². The summed E-state index contributed by atoms with van der Waals surface area (Å²) in [6.45, 7) is 3.34. The van der Waals surface area contributed by atoms with E-state index >= 15 is 0 Å². The van der Waals surface area contributed by atoms with Crippen molar-refractivity contribution in [2.24, 2.45) is 0 Å². The SMILES string of the molecule is CCCN1C(=O)CN(C)c2ccc(Br)cc21. The van der Waals surface area contributed by atoms with Gasteiger partial charge in [-0.2, -0.15) is 0 Å². The first-order valence-electron chi connectivity index (χ1n) is 5.44. The van der Waals surface area contributed by atoms with Crippen LogP contribution in [0.1, 0.15) is 13.3 Å². The van der Waals surface area contributed by atoms with Crippen LogP contribution in [0.5, 0.6) is 0 Å². The Morgan fingerprint density at radius 2 is 2.12 bits per heavy atom. The number of halogens is 1. The first-order chi connectivity index (χ1) is 7.63. The molecule has 2 rings (SSSR count). The Balaban J connectivity index is 2.47. The van der Waals surface area contributed by atoms with E-state index < -0.39 is 0 Å². The number of rotatable bonds is 2. The zero-order valence-corrected chi connectivity index (χ0v) is 11.1. The van der Waals surface area contributed by atoms with Gasteiger partial charge in [0.05, 0.1) is 17.9 Å². The molecule has 1 aliphatic rings. The number of likely N-dealkylation sites (N-methyl/N-ethyl adjacent to an activating group) is 1. The largest absolute Gasteiger partial charge is 0.364 e. The summed E-state index contributed by atoms with van der Waals surface area (Å²) in [5.74, 6) is 0.176. The Bertz CT molecular complexity index is 419. The Kier molecular flexibility index (Phi) is 3.19. The summed E-state index contributed by atoms with van der Waals surface area (Å²) in [5, 5.41) is 0. The molecular formula is C12H15BrN2O. The molecule has 1 amide bonds. The second kappa shape index (κ2) is 4.45. The fourth-order valence-electron chi connectivity index (χ4n) is 2.01. The molecule has 0 radical (unpaired) electrons. The standard InChI is InChI=1S/C12H15BrN2O/c1-3-6-15-11-7-9(13)4-5-10(11)14(2)8-12(15)16/h4-5,7H,3,6,8H2,1-2H3. The molecular weight excluding hydrogens is 268 g/mol. The van der Waals surface area contributed by atoms with E-state index in [9.17, 15) is 4.79 Å². The van der Waals surface area contributed by atoms with E-state index in [-0.39, 0.29) is 5.91 Å². The number of carbonyl (C=O) groups is 1. The summed E-state index contributed by atoms with van der Waals surface area (Å²) in [6, 6.07) is 6.07. The Morgan fingerprint density at radius 1 is 1.38 bits per heavy atom. The summed E-state index contributed by atoms with van der Waals surface area (Å²) < 4.78 is 1.01. The van der Waals surface area contributed by atoms with Gasteiger partial charge in [0.2, 0.25) is 5.91 Å². The fraction of sp³-hybridized carbons (Fsp3) is 0.417. The summed E-state index contributed by atoms with van der Waals surface area (Å²) >= 11 is 3.45. The Morgan fingerprint density at radius 3 is 2.81 bits per heavy atom. The molecule has 0 bridgehead atoms. The van der Waals surface area contributed by atoms with Crippen molar-refractivity contribution in [2.45, 2.75) is 13.3 Å². The number of hydrogen-bond acceptors (Lipinski definition) is 2. The highest BCUT2D eigenvalue weighted by atomic mass is 79.9. The number of hydrogen-bond donors (Lipinski definition) is 0. The molecule has 4 heteroatoms. The van der Waals surface area contributed by atoms with Crippen molar-refractivity contribution < 1.29 is 4.79 Å². The van der Waals surface area contributed by atoms with E-state index in [0.717, 1.165) is 28.8 Å². The molecule has 3 nitrogen and oxygen atoms in total. The number of carbonyl (C=O) groups excluding carboxylic acids is 1. The third-order valence-electron chi connectivity index (χ3n) is 2.76. The quantitative estimate of drug-likeness (QED) is 0.833. The third kappa shape index (κ3) is 1.94. The molecule has 1 aromatic carbocycles. The topological polar surface area (TPSA) is 23.6 Å². The molecule has 0 saturated carbocycles. The lowest BCUT2D eigenvalue weighted by Crippen LogP contribution is -2.44. The molecule has 0 saturated heterocycles. The lowest BCUT2D eigenvalue weighted by molar-refractivity contribution is -0.117. The van der Waals surface area contributed by atoms with E-state index in [1.165, 1.54) is 0 Å². The minimum absolute atomic E-state index is 0.176. The molecule has 0 unspecified atom stereocenters. The van der Waals surface area contributed by atoms with Gasteiger partial charge in [0.15, 0.2) is 0 Å². The summed E-state index contributed by atoms with van der Waals surface area (Å²) in [6.07, 6.45) is 0.974. The highest BCUT2D eigenvalue weighted by molar-refractivity contribution is 9.10. The average molecular weight is 283 g/mol. The monoisotopic (exact) mass is 282 g/mol. The maximum absolute atomic E-state index is 11.9. The molecule has 1 heterocycles. The number of benzene rings is 1. The van der Waals surface area contributed by atoms with Gasteiger partial charge in [-0.05, 0) is 24.6 Å². The van der Waals surface area contributed by atoms with E-state index in [2.05, 4.69) is 28.9 Å². The molecule has 1 aromatic rings. The molecule has 1 aliphatic heterocycles. The third-order valence-corrected chi connectivity index (χ3v) is 3.25. The minimum atomic E-state index is 0.176. The van der Waals surface area contributed by atoms with Gasteiger partial charge in [-0.3, -0.25) is 4.79 Å². The van der Waals surface area contributed by atoms with Crippen molar-refractivity contribution in [3.8, 4) is 0 Å². The number of anilines is 2. The van der Waals surface area contributed by atoms with Crippen LogP contribution in [-0.2, 0) is 4.79 Å². The molecule has 0 atom stereocenters. The maximum Gasteiger partial charge on any atom is 0.246 e. The predicted octanol–water partition coefficient (Wildman–Crippen LogP) is 2.64. The normalized spacial score (nSPS) is 15.3. The second-order valence-electron chi connectivity index (χ2n) is 4.03. The highest BCUT2D eigenvalue weighted by Gasteiger charge is 2.26. The van der Waals surface area contributed by atoms with E-state index in [1.807, 2.05) is 29.0 Å². The van der Waals surface area contributed by atoms with Gasteiger partial charge >= 0.3 is 0 Å². The Hall–Kier alpha value is -1.03. The molecule has 0 fully saturated rings. The molecule has 16 heavy (non-hydrogen) atoms. The van der Waals surface area contributed by atoms with Crippen molar-refractivity contribution in [3.05, 3.63) is 22.7 Å². The van der Waals surface area contributed by atoms with Crippen molar-refractivity contribution in [1.29, 1.82) is 0 Å². The molecule has 0 aliphatic carbocycles. The second-order valence-corrected chi connectivity index (χ2v) is 4.95. The van der Waals surface area contributed by atoms with Crippen molar-refractivity contribution in [3.63, 3.8) is 0 Å². The summed E-state index contributed by atoms with van der Waals surface area (Å²) in [4.78, 5) is 15.8. The summed E-state index contributed by atoms with van der Waals surface area (Å²) in [5.41, 5.74) is 2.13. The first kappa shape index (κ1) is 11.5. The maximum atomic E-state index is 11.9. The van der Waals surface area contributed by atoms with E-state index in [0.29, 0.717) is 6.54 Å². The van der Waals surface area contributed by atoms with Crippen LogP contribution in [-0.4, -0.2) is 26.0 Å². The molecule has 86 valence electrons. The highest BCUT2D eigenvalue weighted by Crippen LogP contribution is 2.35. The van der Waals surface area contributed by atoms with Gasteiger partial charge in [0.1, 0.15) is 0 Å². The first-order valence-corrected chi connectivity index (χ1v) is 6.24. The van der Waals surface area contributed by atoms with Crippen molar-refractivity contribution >= 4 is 33.2 Å². The molecule has 0 aromatic heterocycles. The smallest absolute Gasteiger partial charge is 0.246 e. The van der Waals surface area contributed by atoms with Crippen LogP contribution in [0.2, 0.25) is 0 Å². The number of nitrogens with zero attached hydrogens (tertiary/aromatic N) is 2. The van der Waals surface area contributed by atoms with Crippen LogP contribution in [0.3, 0.4) is 0 Å². The number of fused-ring (bicyclic) bond motifs is 1. The molecule has 0 N–H and O–H groups in total.